The number of carboxylic acid groups (broad SMARTS) is 1. The number of hydrogen-bond donors (Lipinski definition) is 4. The zero-order valence-corrected chi connectivity index (χ0v) is 16.2. The minimum absolute atomic E-state index is 0.204. The second-order valence-corrected chi connectivity index (χ2v) is 7.37. The predicted octanol–water partition coefficient (Wildman–Crippen LogP) is 0.446. The Hall–Kier alpha value is -2.45. The molecule has 1 rings (SSSR count). The highest BCUT2D eigenvalue weighted by Crippen LogP contribution is 2.08. The van der Waals surface area contributed by atoms with Crippen LogP contribution >= 0.6 is 0 Å². The van der Waals surface area contributed by atoms with Gasteiger partial charge in [0.2, 0.25) is 5.91 Å². The van der Waals surface area contributed by atoms with Crippen LogP contribution in [-0.2, 0) is 25.5 Å². The molecule has 0 aliphatic heterocycles. The summed E-state index contributed by atoms with van der Waals surface area (Å²) in [6, 6.07) is 6.72. The second kappa shape index (κ2) is 10.0. The summed E-state index contributed by atoms with van der Waals surface area (Å²) in [5, 5.41) is 14.6. The normalized spacial score (nSPS) is 14.7. The number of rotatable bonds is 9. The van der Waals surface area contributed by atoms with Crippen LogP contribution in [0.3, 0.4) is 0 Å². The van der Waals surface area contributed by atoms with E-state index in [1.165, 1.54) is 6.92 Å². The molecule has 0 fully saturated rings. The number of ether oxygens (including phenoxy) is 1. The Balaban J connectivity index is 2.77. The highest BCUT2D eigenvalue weighted by Gasteiger charge is 2.29. The molecule has 1 amide bonds. The zero-order valence-electron chi connectivity index (χ0n) is 16.2. The van der Waals surface area contributed by atoms with E-state index in [0.717, 1.165) is 5.56 Å². The highest BCUT2D eigenvalue weighted by molar-refractivity contribution is 6.01. The minimum atomic E-state index is -1.46. The zero-order chi connectivity index (χ0) is 20.6. The Kier molecular flexibility index (Phi) is 8.39. The summed E-state index contributed by atoms with van der Waals surface area (Å²) in [6.45, 7) is 6.77. The van der Waals surface area contributed by atoms with E-state index in [1.54, 1.807) is 20.8 Å². The van der Waals surface area contributed by atoms with E-state index in [4.69, 9.17) is 15.6 Å². The summed E-state index contributed by atoms with van der Waals surface area (Å²) in [4.78, 5) is 35.4. The molecule has 150 valence electrons. The Morgan fingerprint density at radius 3 is 2.30 bits per heavy atom. The number of carboxylic acids is 1. The van der Waals surface area contributed by atoms with E-state index in [-0.39, 0.29) is 6.54 Å². The van der Waals surface area contributed by atoms with Gasteiger partial charge in [-0.25, -0.2) is 4.79 Å². The van der Waals surface area contributed by atoms with Gasteiger partial charge >= 0.3 is 11.9 Å². The number of carbonyl (C=O) groups excluding carboxylic acids is 2. The Morgan fingerprint density at radius 2 is 1.78 bits per heavy atom. The molecule has 0 spiro atoms. The Labute approximate surface area is 159 Å². The molecule has 0 bridgehead atoms. The molecule has 0 aliphatic rings. The summed E-state index contributed by atoms with van der Waals surface area (Å²) in [5.74, 6) is -2.48. The van der Waals surface area contributed by atoms with Crippen molar-refractivity contribution in [1.82, 2.24) is 10.6 Å². The molecule has 8 heteroatoms. The van der Waals surface area contributed by atoms with Crippen molar-refractivity contribution in [3.63, 3.8) is 0 Å². The summed E-state index contributed by atoms with van der Waals surface area (Å²) in [5.41, 5.74) is 5.92. The van der Waals surface area contributed by atoms with Crippen molar-refractivity contribution >= 4 is 17.8 Å². The summed E-state index contributed by atoms with van der Waals surface area (Å²) >= 11 is 0. The lowest BCUT2D eigenvalue weighted by atomic mass is 10.0. The average molecular weight is 379 g/mol. The molecule has 1 aromatic carbocycles. The fourth-order valence-electron chi connectivity index (χ4n) is 2.24. The van der Waals surface area contributed by atoms with Gasteiger partial charge in [0.1, 0.15) is 11.6 Å². The molecule has 0 saturated heterocycles. The number of hydrogen-bond acceptors (Lipinski definition) is 6. The molecule has 1 unspecified atom stereocenters. The first-order valence-electron chi connectivity index (χ1n) is 8.78. The van der Waals surface area contributed by atoms with E-state index in [1.807, 2.05) is 30.3 Å². The molecule has 0 heterocycles. The van der Waals surface area contributed by atoms with Crippen LogP contribution in [-0.4, -0.2) is 53.2 Å². The van der Waals surface area contributed by atoms with Crippen LogP contribution in [0.5, 0.6) is 0 Å². The van der Waals surface area contributed by atoms with Gasteiger partial charge in [-0.1, -0.05) is 30.3 Å². The van der Waals surface area contributed by atoms with Crippen LogP contribution < -0.4 is 16.4 Å². The molecule has 0 saturated carbocycles. The van der Waals surface area contributed by atoms with Crippen molar-refractivity contribution < 1.29 is 24.2 Å². The molecule has 1 aromatic rings. The van der Waals surface area contributed by atoms with Crippen molar-refractivity contribution in [2.24, 2.45) is 5.73 Å². The third-order valence-corrected chi connectivity index (χ3v) is 3.66. The van der Waals surface area contributed by atoms with E-state index >= 15 is 0 Å². The van der Waals surface area contributed by atoms with E-state index in [0.29, 0.717) is 6.42 Å². The van der Waals surface area contributed by atoms with Crippen molar-refractivity contribution in [3.8, 4) is 0 Å². The van der Waals surface area contributed by atoms with Gasteiger partial charge in [0, 0.05) is 12.6 Å². The van der Waals surface area contributed by atoms with Crippen LogP contribution in [0.1, 0.15) is 33.3 Å². The lowest BCUT2D eigenvalue weighted by molar-refractivity contribution is -0.158. The fraction of sp³-hybridized carbons (Fsp3) is 0.526. The maximum Gasteiger partial charge on any atom is 0.333 e. The first kappa shape index (κ1) is 22.6. The first-order valence-corrected chi connectivity index (χ1v) is 8.78. The predicted molar refractivity (Wildman–Crippen MR) is 101 cm³/mol. The van der Waals surface area contributed by atoms with E-state index in [2.05, 4.69) is 10.6 Å². The first-order chi connectivity index (χ1) is 12.5. The SMILES string of the molecule is C[C@H](NC[C@H](Cc1ccccc1)NC(=O)C(N)C(=O)OC(C)(C)C)C(=O)O. The number of amides is 1. The summed E-state index contributed by atoms with van der Waals surface area (Å²) in [7, 11) is 0. The van der Waals surface area contributed by atoms with E-state index < -0.39 is 41.6 Å². The van der Waals surface area contributed by atoms with Crippen molar-refractivity contribution in [2.45, 2.75) is 57.8 Å². The van der Waals surface area contributed by atoms with Gasteiger partial charge in [0.15, 0.2) is 6.04 Å². The maximum atomic E-state index is 12.4. The Morgan fingerprint density at radius 1 is 1.19 bits per heavy atom. The number of esters is 1. The van der Waals surface area contributed by atoms with Crippen LogP contribution in [0.4, 0.5) is 0 Å². The number of nitrogens with one attached hydrogen (secondary N) is 2. The number of nitrogens with two attached hydrogens (primary N) is 1. The van der Waals surface area contributed by atoms with Gasteiger partial charge in [-0.2, -0.15) is 0 Å². The smallest absolute Gasteiger partial charge is 0.333 e. The summed E-state index contributed by atoms with van der Waals surface area (Å²) < 4.78 is 5.13. The standard InChI is InChI=1S/C19H29N3O5/c1-12(17(24)25)21-11-14(10-13-8-6-5-7-9-13)22-16(23)15(20)18(26)27-19(2,3)4/h5-9,12,14-15,21H,10-11,20H2,1-4H3,(H,22,23)(H,24,25)/t12-,14-,15?/m0/s1. The molecule has 8 nitrogen and oxygen atoms in total. The van der Waals surface area contributed by atoms with Gasteiger partial charge in [0.25, 0.3) is 0 Å². The van der Waals surface area contributed by atoms with Gasteiger partial charge in [-0.3, -0.25) is 9.59 Å². The maximum absolute atomic E-state index is 12.4. The van der Waals surface area contributed by atoms with Gasteiger partial charge in [-0.15, -0.1) is 0 Å². The largest absolute Gasteiger partial charge is 0.480 e. The molecule has 0 aromatic heterocycles. The molecular weight excluding hydrogens is 350 g/mol. The quantitative estimate of drug-likeness (QED) is 0.362. The van der Waals surface area contributed by atoms with Gasteiger partial charge in [-0.05, 0) is 39.7 Å². The molecule has 27 heavy (non-hydrogen) atoms. The monoisotopic (exact) mass is 379 g/mol. The third-order valence-electron chi connectivity index (χ3n) is 3.66. The number of benzene rings is 1. The van der Waals surface area contributed by atoms with Crippen LogP contribution in [0, 0.1) is 0 Å². The van der Waals surface area contributed by atoms with Gasteiger partial charge in [0.05, 0.1) is 0 Å². The third kappa shape index (κ3) is 8.65. The van der Waals surface area contributed by atoms with Crippen LogP contribution in [0.25, 0.3) is 0 Å². The second-order valence-electron chi connectivity index (χ2n) is 7.37. The molecule has 5 N–H and O–H groups in total. The molecule has 0 radical (unpaired) electrons. The van der Waals surface area contributed by atoms with Crippen LogP contribution in [0.2, 0.25) is 0 Å². The lowest BCUT2D eigenvalue weighted by Crippen LogP contribution is -2.54. The molecule has 0 aliphatic carbocycles. The molecule has 3 atom stereocenters. The topological polar surface area (TPSA) is 131 Å². The number of carbonyl (C=O) groups is 3. The Bertz CT molecular complexity index is 642. The van der Waals surface area contributed by atoms with Crippen molar-refractivity contribution in [3.05, 3.63) is 35.9 Å². The highest BCUT2D eigenvalue weighted by atomic mass is 16.6. The lowest BCUT2D eigenvalue weighted by Gasteiger charge is -2.24. The van der Waals surface area contributed by atoms with Gasteiger partial charge < -0.3 is 26.2 Å². The van der Waals surface area contributed by atoms with E-state index in [9.17, 15) is 14.4 Å². The fourth-order valence-corrected chi connectivity index (χ4v) is 2.24. The summed E-state index contributed by atoms with van der Waals surface area (Å²) in [6.07, 6.45) is 0.451. The van der Waals surface area contributed by atoms with Crippen molar-refractivity contribution in [2.75, 3.05) is 6.54 Å². The average Bonchev–Trinajstić information content (AvgIpc) is 2.57. The minimum Gasteiger partial charge on any atom is -0.480 e. The van der Waals surface area contributed by atoms with Crippen LogP contribution in [0.15, 0.2) is 30.3 Å². The number of aliphatic carboxylic acids is 1. The molecular formula is C19H29N3O5. The van der Waals surface area contributed by atoms with Crippen molar-refractivity contribution in [1.29, 1.82) is 0 Å².